The molecule has 0 atom stereocenters. The first-order valence-electron chi connectivity index (χ1n) is 5.30. The minimum absolute atomic E-state index is 0.849. The first-order valence-corrected chi connectivity index (χ1v) is 5.94. The molecule has 0 unspecified atom stereocenters. The van der Waals surface area contributed by atoms with Crippen LogP contribution in [0.2, 0.25) is 0 Å². The number of hydrogen-bond donors (Lipinski definition) is 0. The van der Waals surface area contributed by atoms with Crippen LogP contribution in [0.5, 0.6) is 0 Å². The van der Waals surface area contributed by atoms with E-state index in [1.807, 2.05) is 6.08 Å². The summed E-state index contributed by atoms with van der Waals surface area (Å²) in [6.45, 7) is 22.5. The zero-order valence-electron chi connectivity index (χ0n) is 11.9. The average Bonchev–Trinajstić information content (AvgIpc) is 2.68. The standard InChI is InChI=1S/C10H14O.5CO.Cr/c1-11-9-5-8-10-6-3-2-4-7-10;5*1-2;/h5-6,8H,2-4,7H2,1H3;;;;;;/b8-5+;;;;;;. The summed E-state index contributed by atoms with van der Waals surface area (Å²) in [7, 11) is 1.67. The van der Waals surface area contributed by atoms with Crippen molar-refractivity contribution in [2.45, 2.75) is 25.7 Å². The van der Waals surface area contributed by atoms with Crippen molar-refractivity contribution < 1.29 is 43.8 Å². The third-order valence-corrected chi connectivity index (χ3v) is 2.43. The summed E-state index contributed by atoms with van der Waals surface area (Å²) in [6.07, 6.45) is 11.5. The Morgan fingerprint density at radius 3 is 1.77 bits per heavy atom. The van der Waals surface area contributed by atoms with E-state index in [4.69, 9.17) is 28.0 Å². The second-order valence-corrected chi connectivity index (χ2v) is 3.51. The van der Waals surface area contributed by atoms with Gasteiger partial charge in [0.25, 0.3) is 0 Å². The molecule has 0 heterocycles. The quantitative estimate of drug-likeness (QED) is 0.568. The minimum atomic E-state index is 0.849. The van der Waals surface area contributed by atoms with Crippen molar-refractivity contribution in [2.75, 3.05) is 7.11 Å². The molecule has 6 nitrogen and oxygen atoms in total. The predicted octanol–water partition coefficient (Wildman–Crippen LogP) is 2.18. The van der Waals surface area contributed by atoms with Crippen LogP contribution in [0.1, 0.15) is 25.7 Å². The summed E-state index contributed by atoms with van der Waals surface area (Å²) in [6, 6.07) is 0. The van der Waals surface area contributed by atoms with Crippen LogP contribution in [-0.2, 0) is 43.8 Å². The Hall–Kier alpha value is -1.46. The maximum absolute atomic E-state index is 7.50. The molecule has 22 heavy (non-hydrogen) atoms. The van der Waals surface area contributed by atoms with Crippen molar-refractivity contribution in [3.8, 4) is 0 Å². The first-order chi connectivity index (χ1) is 10.8. The van der Waals surface area contributed by atoms with E-state index in [1.165, 1.54) is 31.3 Å². The molecule has 7 heteroatoms. The Morgan fingerprint density at radius 2 is 1.45 bits per heavy atom. The Labute approximate surface area is 138 Å². The van der Waals surface area contributed by atoms with E-state index in [1.54, 1.807) is 7.11 Å². The monoisotopic (exact) mass is 342 g/mol. The van der Waals surface area contributed by atoms with Gasteiger partial charge >= 0.3 is 138 Å². The molecular weight excluding hydrogens is 328 g/mol. The van der Waals surface area contributed by atoms with Crippen molar-refractivity contribution in [1.29, 1.82) is 0 Å². The third-order valence-electron chi connectivity index (χ3n) is 1.96. The van der Waals surface area contributed by atoms with Gasteiger partial charge in [-0.25, -0.2) is 0 Å². The molecule has 0 saturated carbocycles. The van der Waals surface area contributed by atoms with Gasteiger partial charge < -0.3 is 0 Å². The SMILES string of the molecule is CO[C](=[Cr])/C=C/C1=CCCCC1.[C-]#[O+].[C-]#[O+].[C-]#[O+].[C-]#[O+].[C-]#[O+]. The van der Waals surface area contributed by atoms with Gasteiger partial charge in [0.05, 0.1) is 0 Å². The molecule has 1 aliphatic carbocycles. The van der Waals surface area contributed by atoms with Gasteiger partial charge in [-0.3, -0.25) is 0 Å². The van der Waals surface area contributed by atoms with Gasteiger partial charge in [0.1, 0.15) is 0 Å². The van der Waals surface area contributed by atoms with Gasteiger partial charge in [-0.15, -0.1) is 0 Å². The van der Waals surface area contributed by atoms with Crippen LogP contribution in [0.3, 0.4) is 0 Å². The van der Waals surface area contributed by atoms with Crippen LogP contribution in [0.25, 0.3) is 0 Å². The molecule has 0 saturated heterocycles. The fraction of sp³-hybridized carbons (Fsp3) is 0.333. The van der Waals surface area contributed by atoms with Gasteiger partial charge in [0.15, 0.2) is 0 Å². The van der Waals surface area contributed by atoms with E-state index in [2.05, 4.69) is 61.3 Å². The van der Waals surface area contributed by atoms with Crippen LogP contribution in [0, 0.1) is 33.3 Å². The predicted molar refractivity (Wildman–Crippen MR) is 67.4 cm³/mol. The van der Waals surface area contributed by atoms with Gasteiger partial charge in [0, 0.05) is 0 Å². The van der Waals surface area contributed by atoms with Gasteiger partial charge in [-0.1, -0.05) is 0 Å². The molecule has 0 aromatic heterocycles. The summed E-state index contributed by atoms with van der Waals surface area (Å²) in [5.74, 6) is 0. The van der Waals surface area contributed by atoms with Crippen molar-refractivity contribution in [3.63, 3.8) is 0 Å². The molecule has 0 aliphatic heterocycles. The Balaban J connectivity index is -0.0000000822. The summed E-state index contributed by atoms with van der Waals surface area (Å²) < 4.78 is 43.3. The van der Waals surface area contributed by atoms with E-state index < -0.39 is 0 Å². The molecule has 116 valence electrons. The van der Waals surface area contributed by atoms with Crippen molar-refractivity contribution in [1.82, 2.24) is 0 Å². The number of allylic oxidation sites excluding steroid dienone is 3. The van der Waals surface area contributed by atoms with Crippen LogP contribution in [-0.4, -0.2) is 11.7 Å². The van der Waals surface area contributed by atoms with E-state index in [0.29, 0.717) is 0 Å². The van der Waals surface area contributed by atoms with Crippen LogP contribution < -0.4 is 0 Å². The molecule has 1 aliphatic rings. The summed E-state index contributed by atoms with van der Waals surface area (Å²) in [5, 5.41) is 0. The topological polar surface area (TPSA) is 109 Å². The second kappa shape index (κ2) is 42.7. The zero-order valence-corrected chi connectivity index (χ0v) is 13.2. The number of methoxy groups -OCH3 is 1. The van der Waals surface area contributed by atoms with Crippen molar-refractivity contribution in [2.24, 2.45) is 0 Å². The number of hydrogen-bond acceptors (Lipinski definition) is 1. The van der Waals surface area contributed by atoms with Crippen molar-refractivity contribution in [3.05, 3.63) is 57.1 Å². The average molecular weight is 342 g/mol. The zero-order chi connectivity index (χ0) is 18.8. The van der Waals surface area contributed by atoms with Crippen LogP contribution >= 0.6 is 0 Å². The molecule has 0 bridgehead atoms. The summed E-state index contributed by atoms with van der Waals surface area (Å²) in [5.41, 5.74) is 1.44. The molecule has 0 aromatic rings. The van der Waals surface area contributed by atoms with Gasteiger partial charge in [-0.05, 0) is 0 Å². The van der Waals surface area contributed by atoms with Gasteiger partial charge in [0.2, 0.25) is 0 Å². The molecule has 0 radical (unpaired) electrons. The molecule has 0 aromatic carbocycles. The number of rotatable bonds is 3. The van der Waals surface area contributed by atoms with Crippen molar-refractivity contribution >= 4 is 4.57 Å². The normalized spacial score (nSPS) is 10.2. The Kier molecular flexibility index (Phi) is 63.1. The first kappa shape index (κ1) is 32.5. The Bertz CT molecular complexity index is 364. The fourth-order valence-corrected chi connectivity index (χ4v) is 1.36. The summed E-state index contributed by atoms with van der Waals surface area (Å²) >= 11 is 2.85. The molecule has 0 amide bonds. The van der Waals surface area contributed by atoms with E-state index in [-0.39, 0.29) is 0 Å². The molecule has 0 fully saturated rings. The fourth-order valence-electron chi connectivity index (χ4n) is 1.26. The van der Waals surface area contributed by atoms with E-state index >= 15 is 0 Å². The van der Waals surface area contributed by atoms with E-state index in [9.17, 15) is 0 Å². The molecular formula is C15H14CrO6. The van der Waals surface area contributed by atoms with Crippen LogP contribution in [0.4, 0.5) is 0 Å². The van der Waals surface area contributed by atoms with Gasteiger partial charge in [-0.2, -0.15) is 0 Å². The molecule has 1 rings (SSSR count). The molecule has 0 N–H and O–H groups in total. The Morgan fingerprint density at radius 1 is 1.00 bits per heavy atom. The summed E-state index contributed by atoms with van der Waals surface area (Å²) in [4.78, 5) is 0. The van der Waals surface area contributed by atoms with Crippen LogP contribution in [0.15, 0.2) is 23.8 Å². The number of ether oxygens (including phenoxy) is 1. The maximum atomic E-state index is 7.50. The third kappa shape index (κ3) is 31.1. The second-order valence-electron chi connectivity index (χ2n) is 2.88. The molecule has 0 spiro atoms. The van der Waals surface area contributed by atoms with E-state index in [0.717, 1.165) is 4.57 Å².